The molecule has 0 aromatic carbocycles. The van der Waals surface area contributed by atoms with E-state index in [-0.39, 0.29) is 0 Å². The zero-order chi connectivity index (χ0) is 10.5. The smallest absolute Gasteiger partial charge is 0.299 e. The molecule has 2 nitrogen and oxygen atoms in total. The van der Waals surface area contributed by atoms with Crippen LogP contribution in [0, 0.1) is 0 Å². The molecule has 0 saturated carbocycles. The lowest BCUT2D eigenvalue weighted by Crippen LogP contribution is -2.27. The first-order valence-electron chi connectivity index (χ1n) is 2.70. The largest absolute Gasteiger partial charge is 0.415 e. The molecule has 0 aliphatic rings. The van der Waals surface area contributed by atoms with Crippen LogP contribution < -0.4 is 0 Å². The minimum absolute atomic E-state index is 1.62. The van der Waals surface area contributed by atoms with Gasteiger partial charge in [0.05, 0.1) is 0 Å². The molecule has 0 fully saturated rings. The number of alkyl halides is 2. The first-order valence-corrected chi connectivity index (χ1v) is 4.79. The summed E-state index contributed by atoms with van der Waals surface area (Å²) in [4.78, 5) is 0. The molecule has 0 rings (SSSR count). The van der Waals surface area contributed by atoms with Gasteiger partial charge < -0.3 is 0 Å². The number of hydrogen-bond acceptors (Lipinski definition) is 2. The second-order valence-corrected chi connectivity index (χ2v) is 3.13. The van der Waals surface area contributed by atoms with Gasteiger partial charge in [0.25, 0.3) is 5.92 Å². The van der Waals surface area contributed by atoms with Gasteiger partial charge in [0.2, 0.25) is 0 Å². The van der Waals surface area contributed by atoms with E-state index in [2.05, 4.69) is 9.05 Å². The molecule has 0 heterocycles. The van der Waals surface area contributed by atoms with Crippen LogP contribution in [-0.2, 0) is 9.05 Å². The summed E-state index contributed by atoms with van der Waals surface area (Å²) in [5, 5.41) is 0. The van der Waals surface area contributed by atoms with Crippen molar-refractivity contribution in [3.8, 4) is 0 Å². The van der Waals surface area contributed by atoms with Crippen molar-refractivity contribution < 1.29 is 34.6 Å². The second-order valence-electron chi connectivity index (χ2n) is 1.81. The quantitative estimate of drug-likeness (QED) is 0.522. The molecule has 0 N–H and O–H groups in total. The van der Waals surface area contributed by atoms with Crippen LogP contribution in [0.15, 0.2) is 0 Å². The molecule has 0 aromatic heterocycles. The van der Waals surface area contributed by atoms with Crippen LogP contribution in [0.25, 0.3) is 0 Å². The van der Waals surface area contributed by atoms with Crippen LogP contribution in [0.1, 0.15) is 0 Å². The summed E-state index contributed by atoms with van der Waals surface area (Å²) >= 11 is 0. The maximum atomic E-state index is 12.2. The van der Waals surface area contributed by atoms with E-state index in [9.17, 15) is 25.6 Å². The fourth-order valence-electron chi connectivity index (χ4n) is 0.328. The molecule has 80 valence electrons. The molecule has 10 heteroatoms. The topological polar surface area (TPSA) is 18.5 Å². The van der Waals surface area contributed by atoms with Crippen molar-refractivity contribution in [2.24, 2.45) is 0 Å². The van der Waals surface area contributed by atoms with Crippen LogP contribution in [0.5, 0.6) is 0 Å². The summed E-state index contributed by atoms with van der Waals surface area (Å²) in [5.74, 6) is -3.81. The Bertz CT molecular complexity index is 130. The average Bonchev–Trinajstić information content (AvgIpc) is 1.98. The van der Waals surface area contributed by atoms with Gasteiger partial charge in [-0.2, -0.15) is 16.8 Å². The monoisotopic (exact) mass is 248 g/mol. The Hall–Kier alpha value is 0.360. The molecule has 0 atom stereocenters. The maximum absolute atomic E-state index is 12.2. The van der Waals surface area contributed by atoms with Crippen LogP contribution in [-0.4, -0.2) is 19.1 Å². The van der Waals surface area contributed by atoms with E-state index in [0.717, 1.165) is 0 Å². The van der Waals surface area contributed by atoms with E-state index in [1.54, 1.807) is 0 Å². The molecule has 0 aliphatic heterocycles. The number of halogens is 6. The molecule has 0 radical (unpaired) electrons. The van der Waals surface area contributed by atoms with E-state index in [1.807, 2.05) is 0 Å². The first kappa shape index (κ1) is 13.4. The summed E-state index contributed by atoms with van der Waals surface area (Å²) in [6.45, 7) is -3.23. The molecular formula is C3H4F6O2P2. The summed E-state index contributed by atoms with van der Waals surface area (Å²) < 4.78 is 76.3. The SMILES string of the molecule is FP(F)OCC(F)(F)COP(F)F. The molecular weight excluding hydrogens is 244 g/mol. The molecule has 0 aliphatic carbocycles. The number of hydrogen-bond donors (Lipinski definition) is 0. The van der Waals surface area contributed by atoms with Gasteiger partial charge in [-0.05, 0) is 0 Å². The van der Waals surface area contributed by atoms with E-state index in [4.69, 9.17) is 0 Å². The summed E-state index contributed by atoms with van der Waals surface area (Å²) in [7, 11) is -7.82. The van der Waals surface area contributed by atoms with Crippen LogP contribution in [0.3, 0.4) is 0 Å². The summed E-state index contributed by atoms with van der Waals surface area (Å²) in [6.07, 6.45) is 0. The lowest BCUT2D eigenvalue weighted by molar-refractivity contribution is -0.0731. The van der Waals surface area contributed by atoms with Crippen molar-refractivity contribution in [2.75, 3.05) is 13.2 Å². The Morgan fingerprint density at radius 1 is 0.846 bits per heavy atom. The van der Waals surface area contributed by atoms with Gasteiger partial charge in [-0.15, -0.1) is 0 Å². The molecule has 13 heavy (non-hydrogen) atoms. The fourth-order valence-corrected chi connectivity index (χ4v) is 0.901. The van der Waals surface area contributed by atoms with Gasteiger partial charge >= 0.3 is 17.5 Å². The van der Waals surface area contributed by atoms with Crippen molar-refractivity contribution >= 4 is 17.5 Å². The molecule has 0 saturated heterocycles. The Labute approximate surface area is 72.4 Å². The van der Waals surface area contributed by atoms with Gasteiger partial charge in [-0.1, -0.05) is 0 Å². The van der Waals surface area contributed by atoms with Crippen molar-refractivity contribution in [1.82, 2.24) is 0 Å². The molecule has 0 spiro atoms. The zero-order valence-corrected chi connectivity index (χ0v) is 7.68. The van der Waals surface area contributed by atoms with Crippen LogP contribution >= 0.6 is 17.5 Å². The Morgan fingerprint density at radius 2 is 1.15 bits per heavy atom. The van der Waals surface area contributed by atoms with Gasteiger partial charge in [0, 0.05) is 0 Å². The minimum Gasteiger partial charge on any atom is -0.299 e. The predicted octanol–water partition coefficient (Wildman–Crippen LogP) is 3.99. The lowest BCUT2D eigenvalue weighted by Gasteiger charge is -2.14. The second kappa shape index (κ2) is 5.96. The third-order valence-corrected chi connectivity index (χ3v) is 1.40. The highest BCUT2D eigenvalue weighted by atomic mass is 31.2. The van der Waals surface area contributed by atoms with Gasteiger partial charge in [-0.3, -0.25) is 9.05 Å². The standard InChI is InChI=1S/C3H4F6O2P2/c4-3(5,1-10-12(6)7)2-11-13(8)9/h1-2H2. The van der Waals surface area contributed by atoms with Crippen molar-refractivity contribution in [3.05, 3.63) is 0 Å². The maximum Gasteiger partial charge on any atom is 0.415 e. The third kappa shape index (κ3) is 8.68. The normalized spacial score (nSPS) is 12.9. The van der Waals surface area contributed by atoms with E-state index < -0.39 is 36.7 Å². The van der Waals surface area contributed by atoms with Crippen molar-refractivity contribution in [2.45, 2.75) is 5.92 Å². The first-order chi connectivity index (χ1) is 5.83. The molecule has 0 aromatic rings. The highest BCUT2D eigenvalue weighted by Crippen LogP contribution is 2.43. The van der Waals surface area contributed by atoms with Crippen LogP contribution in [0.4, 0.5) is 25.6 Å². The molecule has 0 bridgehead atoms. The Balaban J connectivity index is 3.66. The van der Waals surface area contributed by atoms with Gasteiger partial charge in [-0.25, -0.2) is 8.78 Å². The minimum atomic E-state index is -3.91. The summed E-state index contributed by atoms with van der Waals surface area (Å²) in [6, 6.07) is 0. The summed E-state index contributed by atoms with van der Waals surface area (Å²) in [5.41, 5.74) is 0. The van der Waals surface area contributed by atoms with Gasteiger partial charge in [0.15, 0.2) is 0 Å². The number of rotatable bonds is 6. The van der Waals surface area contributed by atoms with Crippen molar-refractivity contribution in [3.63, 3.8) is 0 Å². The lowest BCUT2D eigenvalue weighted by atomic mass is 10.4. The Kier molecular flexibility index (Phi) is 6.12. The molecule has 0 unspecified atom stereocenters. The predicted molar refractivity (Wildman–Crippen MR) is 35.1 cm³/mol. The fraction of sp³-hybridized carbons (Fsp3) is 1.00. The zero-order valence-electron chi connectivity index (χ0n) is 5.89. The molecule has 0 amide bonds. The van der Waals surface area contributed by atoms with Gasteiger partial charge in [0.1, 0.15) is 13.2 Å². The van der Waals surface area contributed by atoms with E-state index >= 15 is 0 Å². The van der Waals surface area contributed by atoms with E-state index in [0.29, 0.717) is 0 Å². The highest BCUT2D eigenvalue weighted by molar-refractivity contribution is 7.40. The third-order valence-electron chi connectivity index (χ3n) is 0.747. The Morgan fingerprint density at radius 3 is 1.38 bits per heavy atom. The van der Waals surface area contributed by atoms with Crippen molar-refractivity contribution in [1.29, 1.82) is 0 Å². The van der Waals surface area contributed by atoms with Crippen LogP contribution in [0.2, 0.25) is 0 Å². The van der Waals surface area contributed by atoms with E-state index in [1.165, 1.54) is 0 Å². The average molecular weight is 248 g/mol. The highest BCUT2D eigenvalue weighted by Gasteiger charge is 2.33.